The molecule has 0 fully saturated rings. The number of nitrogens with zero attached hydrogens (tertiary/aromatic N) is 2. The van der Waals surface area contributed by atoms with Gasteiger partial charge in [-0.25, -0.2) is 14.8 Å². The lowest BCUT2D eigenvalue weighted by Crippen LogP contribution is -2.24. The average molecular weight is 412 g/mol. The molecule has 1 aromatic heterocycles. The highest BCUT2D eigenvalue weighted by molar-refractivity contribution is 6.32. The number of benzene rings is 2. The standard InChI is InChI=1S/C22H22ClN3O3/c1-15(29-20-10-6-5-9-18(20)23)13-24-22-25-14-17(21(27)28)19(26-22)12-11-16-7-3-2-4-8-16/h2-10,14-15H,11-13H2,1H3,(H,27,28)(H,24,25,26). The first-order chi connectivity index (χ1) is 14.0. The first-order valence-corrected chi connectivity index (χ1v) is 9.69. The number of carbonyl (C=O) groups is 1. The van der Waals surface area contributed by atoms with Crippen LogP contribution in [0.25, 0.3) is 0 Å². The molecule has 1 heterocycles. The summed E-state index contributed by atoms with van der Waals surface area (Å²) in [7, 11) is 0. The van der Waals surface area contributed by atoms with Crippen molar-refractivity contribution >= 4 is 23.5 Å². The minimum atomic E-state index is -1.03. The van der Waals surface area contributed by atoms with Crippen LogP contribution in [0.4, 0.5) is 5.95 Å². The molecule has 0 aliphatic rings. The molecule has 0 bridgehead atoms. The summed E-state index contributed by atoms with van der Waals surface area (Å²) >= 11 is 6.11. The van der Waals surface area contributed by atoms with Crippen LogP contribution in [0.5, 0.6) is 5.75 Å². The van der Waals surface area contributed by atoms with Gasteiger partial charge in [-0.3, -0.25) is 0 Å². The van der Waals surface area contributed by atoms with Gasteiger partial charge in [0.2, 0.25) is 5.95 Å². The average Bonchev–Trinajstić information content (AvgIpc) is 2.73. The number of halogens is 1. The van der Waals surface area contributed by atoms with E-state index in [1.807, 2.05) is 49.4 Å². The Kier molecular flexibility index (Phi) is 7.03. The Bertz CT molecular complexity index is 967. The van der Waals surface area contributed by atoms with E-state index in [1.165, 1.54) is 6.20 Å². The van der Waals surface area contributed by atoms with Crippen molar-refractivity contribution in [2.75, 3.05) is 11.9 Å². The van der Waals surface area contributed by atoms with Crippen molar-refractivity contribution in [3.8, 4) is 5.75 Å². The van der Waals surface area contributed by atoms with Gasteiger partial charge in [0.1, 0.15) is 11.9 Å². The number of nitrogens with one attached hydrogen (secondary N) is 1. The second kappa shape index (κ2) is 9.89. The lowest BCUT2D eigenvalue weighted by atomic mass is 10.1. The summed E-state index contributed by atoms with van der Waals surface area (Å²) in [6, 6.07) is 17.2. The molecular formula is C22H22ClN3O3. The molecule has 0 amide bonds. The third-order valence-corrected chi connectivity index (χ3v) is 4.62. The Hall–Kier alpha value is -3.12. The molecule has 0 radical (unpaired) electrons. The molecule has 6 nitrogen and oxygen atoms in total. The summed E-state index contributed by atoms with van der Waals surface area (Å²) < 4.78 is 5.82. The van der Waals surface area contributed by atoms with E-state index in [0.29, 0.717) is 41.8 Å². The quantitative estimate of drug-likeness (QED) is 0.539. The van der Waals surface area contributed by atoms with Crippen molar-refractivity contribution in [1.82, 2.24) is 9.97 Å². The Labute approximate surface area is 174 Å². The van der Waals surface area contributed by atoms with Crippen molar-refractivity contribution in [3.63, 3.8) is 0 Å². The van der Waals surface area contributed by atoms with Gasteiger partial charge in [-0.2, -0.15) is 0 Å². The molecule has 1 atom stereocenters. The zero-order valence-electron chi connectivity index (χ0n) is 16.0. The van der Waals surface area contributed by atoms with Gasteiger partial charge >= 0.3 is 5.97 Å². The van der Waals surface area contributed by atoms with Crippen LogP contribution in [0.2, 0.25) is 5.02 Å². The molecule has 7 heteroatoms. The Morgan fingerprint density at radius 3 is 2.59 bits per heavy atom. The van der Waals surface area contributed by atoms with E-state index in [9.17, 15) is 9.90 Å². The number of para-hydroxylation sites is 1. The van der Waals surface area contributed by atoms with Crippen LogP contribution in [-0.2, 0) is 12.8 Å². The highest BCUT2D eigenvalue weighted by atomic mass is 35.5. The number of hydrogen-bond donors (Lipinski definition) is 2. The third kappa shape index (κ3) is 5.93. The predicted molar refractivity (Wildman–Crippen MR) is 113 cm³/mol. The Morgan fingerprint density at radius 1 is 1.14 bits per heavy atom. The monoisotopic (exact) mass is 411 g/mol. The molecule has 0 spiro atoms. The predicted octanol–water partition coefficient (Wildman–Crippen LogP) is 4.49. The zero-order chi connectivity index (χ0) is 20.6. The SMILES string of the molecule is CC(CNc1ncc(C(=O)O)c(CCc2ccccc2)n1)Oc1ccccc1Cl. The second-order valence-corrected chi connectivity index (χ2v) is 6.99. The summed E-state index contributed by atoms with van der Waals surface area (Å²) in [5.74, 6) is -0.0585. The van der Waals surface area contributed by atoms with Crippen molar-refractivity contribution in [3.05, 3.63) is 82.6 Å². The molecule has 1 unspecified atom stereocenters. The maximum atomic E-state index is 11.5. The van der Waals surface area contributed by atoms with Crippen molar-refractivity contribution in [2.24, 2.45) is 0 Å². The second-order valence-electron chi connectivity index (χ2n) is 6.58. The third-order valence-electron chi connectivity index (χ3n) is 4.30. The van der Waals surface area contributed by atoms with E-state index in [4.69, 9.17) is 16.3 Å². The van der Waals surface area contributed by atoms with Crippen LogP contribution in [-0.4, -0.2) is 33.7 Å². The number of anilines is 1. The largest absolute Gasteiger partial charge is 0.487 e. The smallest absolute Gasteiger partial charge is 0.339 e. The molecule has 150 valence electrons. The van der Waals surface area contributed by atoms with E-state index in [0.717, 1.165) is 5.56 Å². The van der Waals surface area contributed by atoms with Crippen LogP contribution in [0.15, 0.2) is 60.8 Å². The van der Waals surface area contributed by atoms with E-state index in [1.54, 1.807) is 12.1 Å². The molecule has 2 aromatic carbocycles. The molecule has 0 saturated carbocycles. The lowest BCUT2D eigenvalue weighted by molar-refractivity contribution is 0.0694. The summed E-state index contributed by atoms with van der Waals surface area (Å²) in [6.07, 6.45) is 2.36. The molecule has 2 N–H and O–H groups in total. The normalized spacial score (nSPS) is 11.7. The van der Waals surface area contributed by atoms with E-state index >= 15 is 0 Å². The summed E-state index contributed by atoms with van der Waals surface area (Å²) in [6.45, 7) is 2.34. The fraction of sp³-hybridized carbons (Fsp3) is 0.227. The van der Waals surface area contributed by atoms with Crippen LogP contribution in [0.1, 0.15) is 28.5 Å². The fourth-order valence-electron chi connectivity index (χ4n) is 2.81. The van der Waals surface area contributed by atoms with Crippen LogP contribution in [0.3, 0.4) is 0 Å². The van der Waals surface area contributed by atoms with Crippen LogP contribution in [0, 0.1) is 0 Å². The molecule has 3 aromatic rings. The lowest BCUT2D eigenvalue weighted by Gasteiger charge is -2.16. The number of aromatic carboxylic acids is 1. The van der Waals surface area contributed by atoms with E-state index in [-0.39, 0.29) is 11.7 Å². The van der Waals surface area contributed by atoms with Gasteiger partial charge in [0.25, 0.3) is 0 Å². The minimum absolute atomic E-state index is 0.117. The van der Waals surface area contributed by atoms with E-state index in [2.05, 4.69) is 15.3 Å². The maximum absolute atomic E-state index is 11.5. The summed E-state index contributed by atoms with van der Waals surface area (Å²) in [4.78, 5) is 20.1. The van der Waals surface area contributed by atoms with Crippen molar-refractivity contribution in [2.45, 2.75) is 25.9 Å². The topological polar surface area (TPSA) is 84.3 Å². The van der Waals surface area contributed by atoms with Gasteiger partial charge in [0.05, 0.1) is 22.8 Å². The van der Waals surface area contributed by atoms with Gasteiger partial charge in [-0.15, -0.1) is 0 Å². The number of ether oxygens (including phenoxy) is 1. The van der Waals surface area contributed by atoms with Gasteiger partial charge < -0.3 is 15.2 Å². The molecular weight excluding hydrogens is 390 g/mol. The van der Waals surface area contributed by atoms with Gasteiger partial charge in [0.15, 0.2) is 0 Å². The maximum Gasteiger partial charge on any atom is 0.339 e. The van der Waals surface area contributed by atoms with Crippen LogP contribution >= 0.6 is 11.6 Å². The number of aryl methyl sites for hydroxylation is 2. The number of carboxylic acid groups (broad SMARTS) is 1. The molecule has 0 aliphatic heterocycles. The number of carboxylic acids is 1. The highest BCUT2D eigenvalue weighted by Gasteiger charge is 2.14. The fourth-order valence-corrected chi connectivity index (χ4v) is 2.99. The summed E-state index contributed by atoms with van der Waals surface area (Å²) in [5, 5.41) is 13.1. The number of hydrogen-bond acceptors (Lipinski definition) is 5. The molecule has 0 aliphatic carbocycles. The van der Waals surface area contributed by atoms with Crippen LogP contribution < -0.4 is 10.1 Å². The first-order valence-electron chi connectivity index (χ1n) is 9.31. The van der Waals surface area contributed by atoms with Crippen molar-refractivity contribution < 1.29 is 14.6 Å². The molecule has 0 saturated heterocycles. The number of rotatable bonds is 9. The Morgan fingerprint density at radius 2 is 1.86 bits per heavy atom. The first kappa shape index (κ1) is 20.6. The van der Waals surface area contributed by atoms with Crippen molar-refractivity contribution in [1.29, 1.82) is 0 Å². The van der Waals surface area contributed by atoms with E-state index < -0.39 is 5.97 Å². The number of aromatic nitrogens is 2. The zero-order valence-corrected chi connectivity index (χ0v) is 16.8. The Balaban J connectivity index is 1.64. The highest BCUT2D eigenvalue weighted by Crippen LogP contribution is 2.24. The van der Waals surface area contributed by atoms with Gasteiger partial charge in [-0.1, -0.05) is 54.1 Å². The summed E-state index contributed by atoms with van der Waals surface area (Å²) in [5.41, 5.74) is 1.74. The van der Waals surface area contributed by atoms with Gasteiger partial charge in [-0.05, 0) is 37.5 Å². The van der Waals surface area contributed by atoms with Gasteiger partial charge in [0, 0.05) is 6.20 Å². The minimum Gasteiger partial charge on any atom is -0.487 e. The molecule has 3 rings (SSSR count). The molecule has 29 heavy (non-hydrogen) atoms.